The summed E-state index contributed by atoms with van der Waals surface area (Å²) in [6, 6.07) is -0.0405. The lowest BCUT2D eigenvalue weighted by atomic mass is 9.96. The molecule has 0 aliphatic carbocycles. The highest BCUT2D eigenvalue weighted by atomic mass is 16.2. The van der Waals surface area contributed by atoms with Gasteiger partial charge in [0, 0.05) is 18.6 Å². The van der Waals surface area contributed by atoms with E-state index in [2.05, 4.69) is 24.5 Å². The molecule has 4 nitrogen and oxygen atoms in total. The SMILES string of the molecule is CC(C)CC1CNC(C)C(C(=O)C=O)N1. The Labute approximate surface area is 90.8 Å². The van der Waals surface area contributed by atoms with Crippen LogP contribution < -0.4 is 10.6 Å². The summed E-state index contributed by atoms with van der Waals surface area (Å²) in [5.41, 5.74) is 0. The van der Waals surface area contributed by atoms with Crippen LogP contribution in [0.5, 0.6) is 0 Å². The number of ketones is 1. The summed E-state index contributed by atoms with van der Waals surface area (Å²) in [5.74, 6) is 0.230. The number of hydrogen-bond donors (Lipinski definition) is 2. The van der Waals surface area contributed by atoms with E-state index in [-0.39, 0.29) is 23.9 Å². The van der Waals surface area contributed by atoms with Crippen LogP contribution in [0.2, 0.25) is 0 Å². The first-order chi connectivity index (χ1) is 7.04. The van der Waals surface area contributed by atoms with Crippen molar-refractivity contribution >= 4 is 12.1 Å². The molecule has 3 atom stereocenters. The monoisotopic (exact) mass is 212 g/mol. The Morgan fingerprint density at radius 3 is 2.73 bits per heavy atom. The fourth-order valence-corrected chi connectivity index (χ4v) is 2.03. The van der Waals surface area contributed by atoms with Gasteiger partial charge in [-0.25, -0.2) is 0 Å². The quantitative estimate of drug-likeness (QED) is 0.513. The van der Waals surface area contributed by atoms with Crippen molar-refractivity contribution in [1.29, 1.82) is 0 Å². The average molecular weight is 212 g/mol. The number of nitrogens with one attached hydrogen (secondary N) is 2. The molecule has 0 saturated carbocycles. The first kappa shape index (κ1) is 12.3. The molecule has 3 unspecified atom stereocenters. The Hall–Kier alpha value is -0.740. The predicted octanol–water partition coefficient (Wildman–Crippen LogP) is 0.119. The lowest BCUT2D eigenvalue weighted by Gasteiger charge is -2.35. The van der Waals surface area contributed by atoms with E-state index < -0.39 is 0 Å². The zero-order chi connectivity index (χ0) is 11.4. The molecule has 0 aromatic rings. The van der Waals surface area contributed by atoms with Crippen LogP contribution in [0.4, 0.5) is 0 Å². The maximum Gasteiger partial charge on any atom is 0.213 e. The molecule has 0 amide bonds. The second-order valence-corrected chi connectivity index (χ2v) is 4.69. The Balaban J connectivity index is 2.55. The van der Waals surface area contributed by atoms with Gasteiger partial charge in [0.05, 0.1) is 6.04 Å². The third kappa shape index (κ3) is 3.39. The predicted molar refractivity (Wildman–Crippen MR) is 58.7 cm³/mol. The molecule has 4 heteroatoms. The molecular weight excluding hydrogens is 192 g/mol. The Morgan fingerprint density at radius 1 is 1.53 bits per heavy atom. The number of piperazine rings is 1. The largest absolute Gasteiger partial charge is 0.311 e. The number of carbonyl (C=O) groups is 2. The van der Waals surface area contributed by atoms with Gasteiger partial charge in [0.25, 0.3) is 0 Å². The zero-order valence-corrected chi connectivity index (χ0v) is 9.62. The molecule has 1 saturated heterocycles. The number of carbonyl (C=O) groups excluding carboxylic acids is 2. The Kier molecular flexibility index (Phi) is 4.42. The molecule has 0 aromatic heterocycles. The standard InChI is InChI=1S/C11H20N2O2/c1-7(2)4-9-5-12-8(3)11(13-9)10(15)6-14/h6-9,11-13H,4-5H2,1-3H3. The van der Waals surface area contributed by atoms with E-state index >= 15 is 0 Å². The molecule has 0 spiro atoms. The van der Waals surface area contributed by atoms with E-state index in [0.717, 1.165) is 13.0 Å². The van der Waals surface area contributed by atoms with Crippen molar-refractivity contribution in [3.8, 4) is 0 Å². The first-order valence-corrected chi connectivity index (χ1v) is 5.53. The van der Waals surface area contributed by atoms with Crippen molar-refractivity contribution in [3.05, 3.63) is 0 Å². The van der Waals surface area contributed by atoms with Crippen LogP contribution in [0.15, 0.2) is 0 Å². The molecule has 0 radical (unpaired) electrons. The third-order valence-electron chi connectivity index (χ3n) is 2.78. The van der Waals surface area contributed by atoms with Crippen LogP contribution in [0.1, 0.15) is 27.2 Å². The van der Waals surface area contributed by atoms with Gasteiger partial charge in [-0.1, -0.05) is 13.8 Å². The van der Waals surface area contributed by atoms with Crippen LogP contribution in [0, 0.1) is 5.92 Å². The van der Waals surface area contributed by atoms with Gasteiger partial charge in [-0.3, -0.25) is 9.59 Å². The van der Waals surface area contributed by atoms with Crippen molar-refractivity contribution in [2.45, 2.75) is 45.3 Å². The van der Waals surface area contributed by atoms with E-state index in [1.54, 1.807) is 0 Å². The Morgan fingerprint density at radius 2 is 2.20 bits per heavy atom. The molecular formula is C11H20N2O2. The van der Waals surface area contributed by atoms with Gasteiger partial charge >= 0.3 is 0 Å². The zero-order valence-electron chi connectivity index (χ0n) is 9.62. The van der Waals surface area contributed by atoms with Crippen molar-refractivity contribution in [2.24, 2.45) is 5.92 Å². The average Bonchev–Trinajstić information content (AvgIpc) is 2.19. The molecule has 1 aliphatic rings. The van der Waals surface area contributed by atoms with Crippen molar-refractivity contribution < 1.29 is 9.59 Å². The van der Waals surface area contributed by atoms with Gasteiger partial charge in [0.2, 0.25) is 5.78 Å². The van der Waals surface area contributed by atoms with E-state index in [9.17, 15) is 9.59 Å². The highest BCUT2D eigenvalue weighted by molar-refractivity contribution is 6.27. The summed E-state index contributed by atoms with van der Waals surface area (Å²) in [4.78, 5) is 21.8. The smallest absolute Gasteiger partial charge is 0.213 e. The van der Waals surface area contributed by atoms with Crippen LogP contribution in [0.3, 0.4) is 0 Å². The van der Waals surface area contributed by atoms with Gasteiger partial charge in [-0.05, 0) is 19.3 Å². The summed E-state index contributed by atoms with van der Waals surface area (Å²) in [5, 5.41) is 6.50. The van der Waals surface area contributed by atoms with E-state index in [1.165, 1.54) is 0 Å². The maximum atomic E-state index is 11.3. The lowest BCUT2D eigenvalue weighted by Crippen LogP contribution is -2.63. The summed E-state index contributed by atoms with van der Waals surface area (Å²) in [6.45, 7) is 7.08. The minimum absolute atomic E-state index is 0.0334. The minimum Gasteiger partial charge on any atom is -0.311 e. The summed E-state index contributed by atoms with van der Waals surface area (Å²) in [6.07, 6.45) is 1.43. The van der Waals surface area contributed by atoms with Crippen molar-refractivity contribution in [1.82, 2.24) is 10.6 Å². The van der Waals surface area contributed by atoms with Crippen LogP contribution in [0.25, 0.3) is 0 Å². The van der Waals surface area contributed by atoms with Crippen LogP contribution in [-0.2, 0) is 9.59 Å². The minimum atomic E-state index is -0.361. The lowest BCUT2D eigenvalue weighted by molar-refractivity contribution is -0.132. The summed E-state index contributed by atoms with van der Waals surface area (Å²) in [7, 11) is 0. The van der Waals surface area contributed by atoms with Gasteiger partial charge in [0.15, 0.2) is 6.29 Å². The number of hydrogen-bond acceptors (Lipinski definition) is 4. The number of Topliss-reactive ketones (excluding diaryl/α,β-unsaturated/α-hetero) is 1. The fraction of sp³-hybridized carbons (Fsp3) is 0.818. The highest BCUT2D eigenvalue weighted by Crippen LogP contribution is 2.10. The Bertz CT molecular complexity index is 241. The van der Waals surface area contributed by atoms with E-state index in [1.807, 2.05) is 6.92 Å². The molecule has 1 aliphatic heterocycles. The maximum absolute atomic E-state index is 11.3. The van der Waals surface area contributed by atoms with Gasteiger partial charge < -0.3 is 10.6 Å². The highest BCUT2D eigenvalue weighted by Gasteiger charge is 2.31. The van der Waals surface area contributed by atoms with Crippen molar-refractivity contribution in [3.63, 3.8) is 0 Å². The third-order valence-corrected chi connectivity index (χ3v) is 2.78. The molecule has 0 bridgehead atoms. The van der Waals surface area contributed by atoms with E-state index in [0.29, 0.717) is 12.2 Å². The van der Waals surface area contributed by atoms with Crippen LogP contribution >= 0.6 is 0 Å². The fourth-order valence-electron chi connectivity index (χ4n) is 2.03. The second-order valence-electron chi connectivity index (χ2n) is 4.69. The molecule has 2 N–H and O–H groups in total. The molecule has 86 valence electrons. The molecule has 15 heavy (non-hydrogen) atoms. The van der Waals surface area contributed by atoms with Crippen molar-refractivity contribution in [2.75, 3.05) is 6.54 Å². The van der Waals surface area contributed by atoms with E-state index in [4.69, 9.17) is 0 Å². The van der Waals surface area contributed by atoms with Gasteiger partial charge in [-0.15, -0.1) is 0 Å². The summed E-state index contributed by atoms with van der Waals surface area (Å²) >= 11 is 0. The second kappa shape index (κ2) is 5.37. The number of rotatable bonds is 4. The first-order valence-electron chi connectivity index (χ1n) is 5.53. The topological polar surface area (TPSA) is 58.2 Å². The molecule has 1 heterocycles. The normalized spacial score (nSPS) is 31.6. The summed E-state index contributed by atoms with van der Waals surface area (Å²) < 4.78 is 0. The molecule has 0 aromatic carbocycles. The molecule has 1 rings (SSSR count). The molecule has 1 fully saturated rings. The number of aldehydes is 1. The van der Waals surface area contributed by atoms with Crippen LogP contribution in [-0.4, -0.2) is 36.7 Å². The van der Waals surface area contributed by atoms with Gasteiger partial charge in [-0.2, -0.15) is 0 Å². The van der Waals surface area contributed by atoms with Gasteiger partial charge in [0.1, 0.15) is 0 Å².